The minimum atomic E-state index is -0.594. The first kappa shape index (κ1) is 27.5. The van der Waals surface area contributed by atoms with E-state index >= 15 is 0 Å². The second kappa shape index (κ2) is 12.1. The normalized spacial score (nSPS) is 17.1. The molecule has 0 aliphatic carbocycles. The van der Waals surface area contributed by atoms with Crippen LogP contribution in [0.5, 0.6) is 0 Å². The Morgan fingerprint density at radius 3 is 1.84 bits per heavy atom. The molecule has 0 atom stereocenters. The van der Waals surface area contributed by atoms with Gasteiger partial charge in [0.05, 0.1) is 26.8 Å². The molecule has 2 rings (SSSR count). The van der Waals surface area contributed by atoms with Crippen molar-refractivity contribution in [3.8, 4) is 0 Å². The Kier molecular flexibility index (Phi) is 10.4. The van der Waals surface area contributed by atoms with E-state index in [1.165, 1.54) is 25.7 Å². The molecule has 1 amide bonds. The van der Waals surface area contributed by atoms with Gasteiger partial charge < -0.3 is 14.2 Å². The molecule has 1 aliphatic heterocycles. The summed E-state index contributed by atoms with van der Waals surface area (Å²) >= 11 is 13.0. The van der Waals surface area contributed by atoms with Gasteiger partial charge in [-0.1, -0.05) is 75.6 Å². The monoisotopic (exact) mass is 483 g/mol. The topological polar surface area (TPSA) is 38.8 Å². The predicted octanol–water partition coefficient (Wildman–Crippen LogP) is 6.90. The van der Waals surface area contributed by atoms with Crippen LogP contribution >= 0.6 is 23.2 Å². The van der Waals surface area contributed by atoms with Gasteiger partial charge in [0.2, 0.25) is 0 Å². The van der Waals surface area contributed by atoms with E-state index in [1.54, 1.807) is 12.1 Å². The molecule has 0 aromatic heterocycles. The smallest absolute Gasteiger partial charge is 0.399 e. The van der Waals surface area contributed by atoms with Gasteiger partial charge in [0.1, 0.15) is 0 Å². The predicted molar refractivity (Wildman–Crippen MR) is 136 cm³/mol. The van der Waals surface area contributed by atoms with Crippen LogP contribution in [0.15, 0.2) is 12.1 Å². The minimum Gasteiger partial charge on any atom is -0.399 e. The van der Waals surface area contributed by atoms with Crippen LogP contribution in [0.3, 0.4) is 0 Å². The zero-order valence-electron chi connectivity index (χ0n) is 20.7. The zero-order chi connectivity index (χ0) is 23.9. The van der Waals surface area contributed by atoms with Crippen LogP contribution < -0.4 is 5.46 Å². The van der Waals surface area contributed by atoms with E-state index in [1.807, 2.05) is 32.6 Å². The first-order chi connectivity index (χ1) is 15.0. The number of rotatable bonds is 12. The quantitative estimate of drug-likeness (QED) is 0.240. The van der Waals surface area contributed by atoms with E-state index in [4.69, 9.17) is 32.5 Å². The van der Waals surface area contributed by atoms with Gasteiger partial charge in [0, 0.05) is 13.1 Å². The highest BCUT2D eigenvalue weighted by Crippen LogP contribution is 2.37. The Hall–Kier alpha value is -0.745. The lowest BCUT2D eigenvalue weighted by Crippen LogP contribution is -2.41. The SMILES string of the molecule is CCCCCCN(CCCCCC)C(=O)c1cc(B2OC(C)(C)C(C)(C)O2)cc(Cl)c1Cl. The minimum absolute atomic E-state index is 0.0664. The lowest BCUT2D eigenvalue weighted by Gasteiger charge is -2.32. The second-order valence-corrected chi connectivity index (χ2v) is 10.7. The molecule has 1 fully saturated rings. The molecule has 0 saturated carbocycles. The Labute approximate surface area is 205 Å². The molecule has 0 unspecified atom stereocenters. The number of nitrogens with zero attached hydrogens (tertiary/aromatic N) is 1. The first-order valence-corrected chi connectivity index (χ1v) is 12.9. The maximum atomic E-state index is 13.6. The van der Waals surface area contributed by atoms with Crippen molar-refractivity contribution in [2.75, 3.05) is 13.1 Å². The van der Waals surface area contributed by atoms with Crippen molar-refractivity contribution in [3.63, 3.8) is 0 Å². The highest BCUT2D eigenvalue weighted by Gasteiger charge is 2.52. The molecule has 32 heavy (non-hydrogen) atoms. The standard InChI is InChI=1S/C25H40BCl2NO3/c1-7-9-11-13-15-29(16-14-12-10-8-2)23(30)20-17-19(18-21(27)22(20)28)26-31-24(3,4)25(5,6)32-26/h17-18H,7-16H2,1-6H3. The average molecular weight is 484 g/mol. The van der Waals surface area contributed by atoms with E-state index in [0.717, 1.165) is 44.2 Å². The number of carbonyl (C=O) groups is 1. The van der Waals surface area contributed by atoms with E-state index in [9.17, 15) is 4.79 Å². The Morgan fingerprint density at radius 1 is 0.875 bits per heavy atom. The number of carbonyl (C=O) groups excluding carboxylic acids is 1. The highest BCUT2D eigenvalue weighted by atomic mass is 35.5. The lowest BCUT2D eigenvalue weighted by atomic mass is 9.78. The Bertz CT molecular complexity index is 742. The summed E-state index contributed by atoms with van der Waals surface area (Å²) in [6.07, 6.45) is 8.94. The van der Waals surface area contributed by atoms with Crippen molar-refractivity contribution < 1.29 is 14.1 Å². The van der Waals surface area contributed by atoms with Gasteiger partial charge in [-0.2, -0.15) is 0 Å². The zero-order valence-corrected chi connectivity index (χ0v) is 22.2. The van der Waals surface area contributed by atoms with Crippen LogP contribution in [0.2, 0.25) is 10.0 Å². The molecular weight excluding hydrogens is 444 g/mol. The summed E-state index contributed by atoms with van der Waals surface area (Å²) in [4.78, 5) is 15.5. The fraction of sp³-hybridized carbons (Fsp3) is 0.720. The first-order valence-electron chi connectivity index (χ1n) is 12.2. The summed E-state index contributed by atoms with van der Waals surface area (Å²) in [7, 11) is -0.594. The van der Waals surface area contributed by atoms with Crippen molar-refractivity contribution in [3.05, 3.63) is 27.7 Å². The molecule has 4 nitrogen and oxygen atoms in total. The molecule has 0 spiro atoms. The van der Waals surface area contributed by atoms with Crippen molar-refractivity contribution in [1.82, 2.24) is 4.90 Å². The number of unbranched alkanes of at least 4 members (excludes halogenated alkanes) is 6. The van der Waals surface area contributed by atoms with Crippen LogP contribution in [0.25, 0.3) is 0 Å². The Balaban J connectivity index is 2.26. The molecular formula is C25H40BCl2NO3. The number of hydrogen-bond donors (Lipinski definition) is 0. The molecule has 1 aromatic rings. The van der Waals surface area contributed by atoms with Crippen LogP contribution in [0.1, 0.15) is 103 Å². The summed E-state index contributed by atoms with van der Waals surface area (Å²) in [6, 6.07) is 3.54. The maximum Gasteiger partial charge on any atom is 0.494 e. The van der Waals surface area contributed by atoms with Crippen LogP contribution in [0.4, 0.5) is 0 Å². The van der Waals surface area contributed by atoms with Crippen LogP contribution in [-0.2, 0) is 9.31 Å². The molecule has 1 aromatic carbocycles. The van der Waals surface area contributed by atoms with Crippen LogP contribution in [-0.4, -0.2) is 42.2 Å². The van der Waals surface area contributed by atoms with Crippen LogP contribution in [0, 0.1) is 0 Å². The molecule has 1 heterocycles. The fourth-order valence-electron chi connectivity index (χ4n) is 3.83. The second-order valence-electron chi connectivity index (χ2n) is 9.87. The summed E-state index contributed by atoms with van der Waals surface area (Å²) in [5, 5.41) is 0.642. The summed E-state index contributed by atoms with van der Waals surface area (Å²) in [6.45, 7) is 13.9. The maximum absolute atomic E-state index is 13.6. The molecule has 0 N–H and O–H groups in total. The summed E-state index contributed by atoms with van der Waals surface area (Å²) in [5.74, 6) is -0.0664. The number of amides is 1. The largest absolute Gasteiger partial charge is 0.494 e. The Morgan fingerprint density at radius 2 is 1.38 bits per heavy atom. The van der Waals surface area contributed by atoms with Crippen molar-refractivity contribution in [2.24, 2.45) is 0 Å². The van der Waals surface area contributed by atoms with E-state index in [0.29, 0.717) is 15.6 Å². The van der Waals surface area contributed by atoms with Gasteiger partial charge >= 0.3 is 7.12 Å². The molecule has 1 aliphatic rings. The molecule has 0 bridgehead atoms. The molecule has 180 valence electrons. The third-order valence-electron chi connectivity index (χ3n) is 6.66. The van der Waals surface area contributed by atoms with Crippen molar-refractivity contribution >= 4 is 41.7 Å². The van der Waals surface area contributed by atoms with Gasteiger partial charge in [-0.3, -0.25) is 4.79 Å². The molecule has 7 heteroatoms. The van der Waals surface area contributed by atoms with E-state index in [-0.39, 0.29) is 5.91 Å². The number of halogens is 2. The summed E-state index contributed by atoms with van der Waals surface area (Å²) < 4.78 is 12.3. The summed E-state index contributed by atoms with van der Waals surface area (Å²) in [5.41, 5.74) is 0.199. The van der Waals surface area contributed by atoms with E-state index < -0.39 is 18.3 Å². The van der Waals surface area contributed by atoms with Crippen molar-refractivity contribution in [2.45, 2.75) is 104 Å². The number of benzene rings is 1. The fourth-order valence-corrected chi connectivity index (χ4v) is 4.24. The average Bonchev–Trinajstić information content (AvgIpc) is 2.95. The highest BCUT2D eigenvalue weighted by molar-refractivity contribution is 6.63. The third-order valence-corrected chi connectivity index (χ3v) is 7.46. The third kappa shape index (κ3) is 6.88. The van der Waals surface area contributed by atoms with Gasteiger partial charge in [0.25, 0.3) is 5.91 Å². The molecule has 1 saturated heterocycles. The van der Waals surface area contributed by atoms with Gasteiger partial charge in [0.15, 0.2) is 0 Å². The van der Waals surface area contributed by atoms with Gasteiger partial charge in [-0.25, -0.2) is 0 Å². The van der Waals surface area contributed by atoms with Crippen molar-refractivity contribution in [1.29, 1.82) is 0 Å². The van der Waals surface area contributed by atoms with Gasteiger partial charge in [-0.05, 0) is 58.1 Å². The van der Waals surface area contributed by atoms with E-state index in [2.05, 4.69) is 13.8 Å². The van der Waals surface area contributed by atoms with Gasteiger partial charge in [-0.15, -0.1) is 0 Å². The molecule has 0 radical (unpaired) electrons. The lowest BCUT2D eigenvalue weighted by molar-refractivity contribution is 0.00578. The number of hydrogen-bond acceptors (Lipinski definition) is 3.